The minimum atomic E-state index is -3.53. The normalized spacial score (nSPS) is 16.0. The Labute approximate surface area is 152 Å². The van der Waals surface area contributed by atoms with Gasteiger partial charge in [0.15, 0.2) is 0 Å². The number of piperidine rings is 1. The molecule has 1 fully saturated rings. The maximum absolute atomic E-state index is 12.4. The zero-order chi connectivity index (χ0) is 17.9. The molecule has 2 heterocycles. The van der Waals surface area contributed by atoms with Crippen molar-refractivity contribution < 1.29 is 13.2 Å². The second-order valence-corrected chi connectivity index (χ2v) is 9.33. The van der Waals surface area contributed by atoms with Crippen LogP contribution >= 0.6 is 11.3 Å². The van der Waals surface area contributed by atoms with Crippen molar-refractivity contribution in [3.05, 3.63) is 47.3 Å². The molecule has 25 heavy (non-hydrogen) atoms. The van der Waals surface area contributed by atoms with Crippen molar-refractivity contribution in [2.75, 3.05) is 17.8 Å². The first-order valence-corrected chi connectivity index (χ1v) is 10.7. The van der Waals surface area contributed by atoms with Gasteiger partial charge in [0, 0.05) is 18.8 Å². The summed E-state index contributed by atoms with van der Waals surface area (Å²) in [6, 6.07) is 10.3. The van der Waals surface area contributed by atoms with Gasteiger partial charge < -0.3 is 4.90 Å². The quantitative estimate of drug-likeness (QED) is 0.868. The van der Waals surface area contributed by atoms with Gasteiger partial charge in [-0.2, -0.15) is 0 Å². The van der Waals surface area contributed by atoms with E-state index in [0.717, 1.165) is 31.5 Å². The Morgan fingerprint density at radius 2 is 1.88 bits per heavy atom. The number of benzene rings is 1. The number of anilines is 1. The molecule has 0 saturated carbocycles. The van der Waals surface area contributed by atoms with Gasteiger partial charge in [0.1, 0.15) is 4.21 Å². The molecule has 0 aliphatic carbocycles. The molecule has 1 saturated heterocycles. The van der Waals surface area contributed by atoms with E-state index in [1.807, 2.05) is 4.90 Å². The maximum atomic E-state index is 12.4. The van der Waals surface area contributed by atoms with E-state index in [2.05, 4.69) is 11.6 Å². The second-order valence-electron chi connectivity index (χ2n) is 6.47. The first-order valence-electron chi connectivity index (χ1n) is 8.37. The summed E-state index contributed by atoms with van der Waals surface area (Å²) >= 11 is 1.18. The molecule has 0 unspecified atom stereocenters. The number of hydrogen-bond acceptors (Lipinski definition) is 4. The van der Waals surface area contributed by atoms with E-state index in [1.165, 1.54) is 11.3 Å². The lowest BCUT2D eigenvalue weighted by Crippen LogP contribution is -2.38. The zero-order valence-corrected chi connectivity index (χ0v) is 15.8. The van der Waals surface area contributed by atoms with E-state index in [4.69, 9.17) is 0 Å². The van der Waals surface area contributed by atoms with Crippen molar-refractivity contribution in [2.45, 2.75) is 30.4 Å². The molecule has 0 atom stereocenters. The summed E-state index contributed by atoms with van der Waals surface area (Å²) in [4.78, 5) is 14.3. The molecule has 0 spiro atoms. The zero-order valence-electron chi connectivity index (χ0n) is 14.1. The highest BCUT2D eigenvalue weighted by molar-refractivity contribution is 7.94. The molecular formula is C18H22N2O3S2. The second kappa shape index (κ2) is 7.58. The van der Waals surface area contributed by atoms with Gasteiger partial charge in [-0.15, -0.1) is 11.3 Å². The van der Waals surface area contributed by atoms with Crippen molar-refractivity contribution in [1.82, 2.24) is 4.90 Å². The van der Waals surface area contributed by atoms with Crippen LogP contribution in [0.25, 0.3) is 0 Å². The largest absolute Gasteiger partial charge is 0.342 e. The molecule has 1 aliphatic rings. The molecule has 1 aliphatic heterocycles. The van der Waals surface area contributed by atoms with Gasteiger partial charge in [-0.05, 0) is 47.9 Å². The van der Waals surface area contributed by atoms with Crippen LogP contribution in [0.15, 0.2) is 46.0 Å². The summed E-state index contributed by atoms with van der Waals surface area (Å²) in [6.45, 7) is 3.88. The van der Waals surface area contributed by atoms with Gasteiger partial charge in [0.05, 0.1) is 6.42 Å². The van der Waals surface area contributed by atoms with Crippen LogP contribution in [0.1, 0.15) is 25.3 Å². The number of likely N-dealkylation sites (tertiary alicyclic amines) is 1. The third-order valence-electron chi connectivity index (χ3n) is 4.46. The van der Waals surface area contributed by atoms with Crippen LogP contribution in [0, 0.1) is 5.92 Å². The molecule has 1 N–H and O–H groups in total. The molecule has 3 rings (SSSR count). The van der Waals surface area contributed by atoms with E-state index in [-0.39, 0.29) is 10.1 Å². The SMILES string of the molecule is CC1CCN(C(=O)Cc2ccc(NS(=O)(=O)c3cccs3)cc2)CC1. The Balaban J connectivity index is 1.60. The predicted octanol–water partition coefficient (Wildman–Crippen LogP) is 3.35. The smallest absolute Gasteiger partial charge is 0.271 e. The van der Waals surface area contributed by atoms with Crippen LogP contribution < -0.4 is 4.72 Å². The molecule has 2 aromatic rings. The fourth-order valence-corrected chi connectivity index (χ4v) is 4.91. The number of rotatable bonds is 5. The monoisotopic (exact) mass is 378 g/mol. The molecular weight excluding hydrogens is 356 g/mol. The Morgan fingerprint density at radius 1 is 1.20 bits per heavy atom. The standard InChI is InChI=1S/C18H22N2O3S2/c1-14-8-10-20(11-9-14)17(21)13-15-4-6-16(7-5-15)19-25(22,23)18-3-2-12-24-18/h2-7,12,14,19H,8-11,13H2,1H3. The molecule has 134 valence electrons. The lowest BCUT2D eigenvalue weighted by atomic mass is 9.98. The third-order valence-corrected chi connectivity index (χ3v) is 7.24. The van der Waals surface area contributed by atoms with Crippen molar-refractivity contribution in [3.8, 4) is 0 Å². The van der Waals surface area contributed by atoms with E-state index in [9.17, 15) is 13.2 Å². The lowest BCUT2D eigenvalue weighted by molar-refractivity contribution is -0.131. The number of nitrogens with zero attached hydrogens (tertiary/aromatic N) is 1. The average Bonchev–Trinajstić information content (AvgIpc) is 3.12. The number of hydrogen-bond donors (Lipinski definition) is 1. The summed E-state index contributed by atoms with van der Waals surface area (Å²) < 4.78 is 27.2. The van der Waals surface area contributed by atoms with E-state index >= 15 is 0 Å². The summed E-state index contributed by atoms with van der Waals surface area (Å²) in [5, 5.41) is 1.73. The molecule has 1 aromatic carbocycles. The first kappa shape index (κ1) is 17.9. The topological polar surface area (TPSA) is 66.5 Å². The van der Waals surface area contributed by atoms with Crippen LogP contribution in [-0.4, -0.2) is 32.3 Å². The highest BCUT2D eigenvalue weighted by Crippen LogP contribution is 2.21. The van der Waals surface area contributed by atoms with E-state index < -0.39 is 10.0 Å². The van der Waals surface area contributed by atoms with Crippen molar-refractivity contribution >= 4 is 33.0 Å². The molecule has 0 radical (unpaired) electrons. The average molecular weight is 379 g/mol. The third kappa shape index (κ3) is 4.61. The van der Waals surface area contributed by atoms with E-state index in [0.29, 0.717) is 18.0 Å². The molecule has 1 aromatic heterocycles. The van der Waals surface area contributed by atoms with Gasteiger partial charge in [-0.1, -0.05) is 25.1 Å². The fraction of sp³-hybridized carbons (Fsp3) is 0.389. The van der Waals surface area contributed by atoms with E-state index in [1.54, 1.807) is 41.8 Å². The Morgan fingerprint density at radius 3 is 2.48 bits per heavy atom. The summed E-state index contributed by atoms with van der Waals surface area (Å²) in [7, 11) is -3.53. The minimum absolute atomic E-state index is 0.138. The van der Waals surface area contributed by atoms with Gasteiger partial charge in [-0.25, -0.2) is 8.42 Å². The minimum Gasteiger partial charge on any atom is -0.342 e. The summed E-state index contributed by atoms with van der Waals surface area (Å²) in [5.41, 5.74) is 1.39. The summed E-state index contributed by atoms with van der Waals surface area (Å²) in [5.74, 6) is 0.832. The Bertz CT molecular complexity index is 807. The number of carbonyl (C=O) groups is 1. The fourth-order valence-electron chi connectivity index (χ4n) is 2.86. The summed E-state index contributed by atoms with van der Waals surface area (Å²) in [6.07, 6.45) is 2.48. The van der Waals surface area contributed by atoms with Gasteiger partial charge in [0.2, 0.25) is 5.91 Å². The molecule has 1 amide bonds. The van der Waals surface area contributed by atoms with Crippen molar-refractivity contribution in [3.63, 3.8) is 0 Å². The maximum Gasteiger partial charge on any atom is 0.271 e. The highest BCUT2D eigenvalue weighted by Gasteiger charge is 2.20. The predicted molar refractivity (Wildman–Crippen MR) is 100 cm³/mol. The van der Waals surface area contributed by atoms with Crippen LogP contribution in [0.2, 0.25) is 0 Å². The number of nitrogens with one attached hydrogen (secondary N) is 1. The van der Waals surface area contributed by atoms with Crippen molar-refractivity contribution in [1.29, 1.82) is 0 Å². The number of amides is 1. The van der Waals surface area contributed by atoms with Crippen LogP contribution in [0.3, 0.4) is 0 Å². The molecule has 0 bridgehead atoms. The number of carbonyl (C=O) groups excluding carboxylic acids is 1. The number of thiophene rings is 1. The lowest BCUT2D eigenvalue weighted by Gasteiger charge is -2.30. The first-order chi connectivity index (χ1) is 11.9. The van der Waals surface area contributed by atoms with Crippen LogP contribution in [-0.2, 0) is 21.2 Å². The molecule has 7 heteroatoms. The molecule has 5 nitrogen and oxygen atoms in total. The number of sulfonamides is 1. The highest BCUT2D eigenvalue weighted by atomic mass is 32.2. The van der Waals surface area contributed by atoms with Crippen LogP contribution in [0.5, 0.6) is 0 Å². The Hall–Kier alpha value is -1.86. The van der Waals surface area contributed by atoms with Crippen molar-refractivity contribution in [2.24, 2.45) is 5.92 Å². The Kier molecular flexibility index (Phi) is 5.44. The van der Waals surface area contributed by atoms with Gasteiger partial charge in [0.25, 0.3) is 10.0 Å². The van der Waals surface area contributed by atoms with Crippen LogP contribution in [0.4, 0.5) is 5.69 Å². The van der Waals surface area contributed by atoms with Gasteiger partial charge >= 0.3 is 0 Å². The van der Waals surface area contributed by atoms with Gasteiger partial charge in [-0.3, -0.25) is 9.52 Å².